The van der Waals surface area contributed by atoms with E-state index < -0.39 is 23.9 Å². The smallest absolute Gasteiger partial charge is 0.490 e. The number of carboxylic acids is 1. The predicted molar refractivity (Wildman–Crippen MR) is 133 cm³/mol. The maximum absolute atomic E-state index is 11.6. The molecule has 0 aliphatic rings. The number of aromatic carboxylic acids is 1. The van der Waals surface area contributed by atoms with Gasteiger partial charge in [0.15, 0.2) is 11.4 Å². The summed E-state index contributed by atoms with van der Waals surface area (Å²) in [5.41, 5.74) is 4.01. The summed E-state index contributed by atoms with van der Waals surface area (Å²) in [7, 11) is 2.27. The second kappa shape index (κ2) is 11.5. The molecule has 0 saturated carbocycles. The molecule has 0 fully saturated rings. The molecule has 0 aliphatic heterocycles. The number of oxazole rings is 1. The van der Waals surface area contributed by atoms with Gasteiger partial charge in [0.1, 0.15) is 11.3 Å². The maximum atomic E-state index is 11.6. The minimum absolute atomic E-state index is 0.0889. The Hall–Kier alpha value is -5.08. The number of H-pyrrole nitrogens is 1. The molecule has 0 unspecified atom stereocenters. The van der Waals surface area contributed by atoms with E-state index in [0.717, 1.165) is 11.1 Å². The molecule has 4 rings (SSSR count). The Morgan fingerprint density at radius 3 is 2.38 bits per heavy atom. The Morgan fingerprint density at radius 1 is 1.08 bits per heavy atom. The minimum atomic E-state index is -4.85. The summed E-state index contributed by atoms with van der Waals surface area (Å²) in [6.45, 7) is 3.92. The van der Waals surface area contributed by atoms with Gasteiger partial charge in [-0.2, -0.15) is 18.2 Å². The Morgan fingerprint density at radius 2 is 1.79 bits per heavy atom. The number of rotatable bonds is 6. The third-order valence-corrected chi connectivity index (χ3v) is 5.21. The average Bonchev–Trinajstić information content (AvgIpc) is 3.24. The lowest BCUT2D eigenvalue weighted by Crippen LogP contribution is -2.23. The highest BCUT2D eigenvalue weighted by atomic mass is 19.4. The zero-order valence-electron chi connectivity index (χ0n) is 20.9. The van der Waals surface area contributed by atoms with Crippen molar-refractivity contribution < 1.29 is 41.8 Å². The number of benzene rings is 2. The first kappa shape index (κ1) is 28.5. The first-order chi connectivity index (χ1) is 18.3. The number of fused-ring (bicyclic) bond motifs is 1. The molecular formula is C24H22F3N5O7. The Bertz CT molecular complexity index is 1580. The van der Waals surface area contributed by atoms with Gasteiger partial charge in [-0.25, -0.2) is 19.4 Å². The van der Waals surface area contributed by atoms with Crippen molar-refractivity contribution in [2.75, 3.05) is 24.9 Å². The van der Waals surface area contributed by atoms with E-state index in [1.54, 1.807) is 25.3 Å². The SMILES string of the molecule is COC(=O)C(F)(F)F.COc1cc(Nc2ncc(C(=O)O)c(Nc3ccc4oc(=O)[nH]c4c3)n2)cc(C)c1C. The fraction of sp³-hybridized carbons (Fsp3) is 0.208. The lowest BCUT2D eigenvalue weighted by atomic mass is 10.1. The first-order valence-corrected chi connectivity index (χ1v) is 10.9. The highest BCUT2D eigenvalue weighted by Crippen LogP contribution is 2.28. The third kappa shape index (κ3) is 7.03. The van der Waals surface area contributed by atoms with E-state index in [2.05, 4.69) is 30.3 Å². The van der Waals surface area contributed by atoms with Gasteiger partial charge >= 0.3 is 23.9 Å². The van der Waals surface area contributed by atoms with Gasteiger partial charge in [0, 0.05) is 23.6 Å². The highest BCUT2D eigenvalue weighted by Gasteiger charge is 2.40. The van der Waals surface area contributed by atoms with E-state index in [9.17, 15) is 32.7 Å². The fourth-order valence-corrected chi connectivity index (χ4v) is 3.22. The first-order valence-electron chi connectivity index (χ1n) is 10.9. The van der Waals surface area contributed by atoms with E-state index in [1.165, 1.54) is 6.20 Å². The number of alkyl halides is 3. The summed E-state index contributed by atoms with van der Waals surface area (Å²) < 4.78 is 46.6. The number of hydrogen-bond acceptors (Lipinski definition) is 10. The molecule has 4 N–H and O–H groups in total. The number of aryl methyl sites for hydroxylation is 1. The predicted octanol–water partition coefficient (Wildman–Crippen LogP) is 4.44. The molecule has 0 saturated heterocycles. The van der Waals surface area contributed by atoms with Gasteiger partial charge in [0.05, 0.1) is 19.7 Å². The Labute approximate surface area is 217 Å². The van der Waals surface area contributed by atoms with Crippen molar-refractivity contribution in [1.29, 1.82) is 0 Å². The number of nitrogens with zero attached hydrogens (tertiary/aromatic N) is 2. The third-order valence-electron chi connectivity index (χ3n) is 5.21. The van der Waals surface area contributed by atoms with Crippen LogP contribution in [0.1, 0.15) is 21.5 Å². The molecular weight excluding hydrogens is 527 g/mol. The molecule has 4 aromatic rings. The molecule has 2 aromatic heterocycles. The van der Waals surface area contributed by atoms with Crippen molar-refractivity contribution in [3.05, 3.63) is 63.8 Å². The number of aromatic nitrogens is 3. The summed E-state index contributed by atoms with van der Waals surface area (Å²) in [5, 5.41) is 15.6. The summed E-state index contributed by atoms with van der Waals surface area (Å²) in [6.07, 6.45) is -3.63. The number of carbonyl (C=O) groups is 2. The topological polar surface area (TPSA) is 169 Å². The molecule has 12 nitrogen and oxygen atoms in total. The van der Waals surface area contributed by atoms with Gasteiger partial charge in [-0.15, -0.1) is 0 Å². The van der Waals surface area contributed by atoms with E-state index in [4.69, 9.17) is 9.15 Å². The lowest BCUT2D eigenvalue weighted by molar-refractivity contribution is -0.196. The van der Waals surface area contributed by atoms with Gasteiger partial charge in [0.2, 0.25) is 5.95 Å². The van der Waals surface area contributed by atoms with Gasteiger partial charge in [-0.05, 0) is 49.2 Å². The second-order valence-corrected chi connectivity index (χ2v) is 7.85. The number of carbonyl (C=O) groups excluding carboxylic acids is 1. The minimum Gasteiger partial charge on any atom is -0.496 e. The molecule has 2 heterocycles. The number of hydrogen-bond donors (Lipinski definition) is 4. The Kier molecular flexibility index (Phi) is 8.43. The van der Waals surface area contributed by atoms with Crippen LogP contribution in [0.5, 0.6) is 5.75 Å². The normalized spacial score (nSPS) is 10.8. The van der Waals surface area contributed by atoms with Gasteiger partial charge in [-0.3, -0.25) is 4.98 Å². The molecule has 39 heavy (non-hydrogen) atoms. The average molecular weight is 549 g/mol. The van der Waals surface area contributed by atoms with Gasteiger partial charge in [-0.1, -0.05) is 0 Å². The molecule has 15 heteroatoms. The van der Waals surface area contributed by atoms with Crippen molar-refractivity contribution >= 4 is 46.2 Å². The molecule has 0 radical (unpaired) electrons. The number of anilines is 4. The Balaban J connectivity index is 0.000000459. The van der Waals surface area contributed by atoms with Crippen molar-refractivity contribution in [3.63, 3.8) is 0 Å². The summed E-state index contributed by atoms with van der Waals surface area (Å²) >= 11 is 0. The number of esters is 1. The van der Waals surface area contributed by atoms with E-state index >= 15 is 0 Å². The zero-order chi connectivity index (χ0) is 28.9. The fourth-order valence-electron chi connectivity index (χ4n) is 3.22. The van der Waals surface area contributed by atoms with Crippen molar-refractivity contribution in [2.24, 2.45) is 0 Å². The maximum Gasteiger partial charge on any atom is 0.490 e. The molecule has 2 aromatic carbocycles. The number of nitrogens with one attached hydrogen (secondary N) is 3. The van der Waals surface area contributed by atoms with Crippen molar-refractivity contribution in [2.45, 2.75) is 20.0 Å². The number of carboxylic acid groups (broad SMARTS) is 1. The molecule has 0 amide bonds. The van der Waals surface area contributed by atoms with E-state index in [1.807, 2.05) is 26.0 Å². The van der Waals surface area contributed by atoms with Crippen LogP contribution in [0.2, 0.25) is 0 Å². The highest BCUT2D eigenvalue weighted by molar-refractivity contribution is 5.94. The standard InChI is InChI=1S/C21H19N5O5.C3H3F3O2/c1-10-6-13(8-17(30-3)11(10)2)24-20-22-9-14(19(27)28)18(26-20)23-12-4-5-16-15(7-12)25-21(29)31-16;1-8-2(7)3(4,5)6/h4-9H,1-3H3,(H,25,29)(H,27,28)(H2,22,23,24,26);1H3. The van der Waals surface area contributed by atoms with E-state index in [-0.39, 0.29) is 17.3 Å². The number of methoxy groups -OCH3 is 2. The molecule has 0 bridgehead atoms. The summed E-state index contributed by atoms with van der Waals surface area (Å²) in [4.78, 5) is 43.5. The van der Waals surface area contributed by atoms with Crippen LogP contribution in [0.4, 0.5) is 36.3 Å². The van der Waals surface area contributed by atoms with Gasteiger partial charge < -0.3 is 29.6 Å². The van der Waals surface area contributed by atoms with Crippen LogP contribution >= 0.6 is 0 Å². The molecule has 0 spiro atoms. The van der Waals surface area contributed by atoms with Crippen LogP contribution in [0.25, 0.3) is 11.1 Å². The van der Waals surface area contributed by atoms with Crippen LogP contribution in [-0.2, 0) is 9.53 Å². The number of ether oxygens (including phenoxy) is 2. The number of aromatic amines is 1. The molecule has 0 aliphatic carbocycles. The largest absolute Gasteiger partial charge is 0.496 e. The van der Waals surface area contributed by atoms with Crippen molar-refractivity contribution in [3.8, 4) is 5.75 Å². The zero-order valence-corrected chi connectivity index (χ0v) is 20.9. The monoisotopic (exact) mass is 549 g/mol. The molecule has 0 atom stereocenters. The van der Waals surface area contributed by atoms with Crippen molar-refractivity contribution in [1.82, 2.24) is 15.0 Å². The van der Waals surface area contributed by atoms with E-state index in [0.29, 0.717) is 35.3 Å². The molecule has 206 valence electrons. The van der Waals surface area contributed by atoms with Crippen LogP contribution in [0.3, 0.4) is 0 Å². The summed E-state index contributed by atoms with van der Waals surface area (Å²) in [6, 6.07) is 8.59. The number of halogens is 3. The van der Waals surface area contributed by atoms with Crippen LogP contribution in [0, 0.1) is 13.8 Å². The van der Waals surface area contributed by atoms with Gasteiger partial charge in [0.25, 0.3) is 0 Å². The van der Waals surface area contributed by atoms with Crippen LogP contribution < -0.4 is 21.1 Å². The lowest BCUT2D eigenvalue weighted by Gasteiger charge is -2.13. The summed E-state index contributed by atoms with van der Waals surface area (Å²) in [5.74, 6) is -2.92. The second-order valence-electron chi connectivity index (χ2n) is 7.85. The quantitative estimate of drug-likeness (QED) is 0.251. The van der Waals surface area contributed by atoms with Crippen LogP contribution in [-0.4, -0.2) is 52.4 Å². The van der Waals surface area contributed by atoms with Crippen LogP contribution in [0.15, 0.2) is 45.7 Å².